The highest BCUT2D eigenvalue weighted by Gasteiger charge is 2.23. The molecule has 0 radical (unpaired) electrons. The third-order valence-corrected chi connectivity index (χ3v) is 2.71. The van der Waals surface area contributed by atoms with E-state index in [1.807, 2.05) is 0 Å². The Morgan fingerprint density at radius 1 is 1.58 bits per heavy atom. The molecule has 0 aliphatic carbocycles. The van der Waals surface area contributed by atoms with Gasteiger partial charge in [0.25, 0.3) is 0 Å². The van der Waals surface area contributed by atoms with E-state index in [-0.39, 0.29) is 5.82 Å². The Morgan fingerprint density at radius 3 is 3.00 bits per heavy atom. The van der Waals surface area contributed by atoms with Crippen molar-refractivity contribution in [1.29, 1.82) is 5.26 Å². The van der Waals surface area contributed by atoms with Crippen LogP contribution in [0.15, 0.2) is 29.4 Å². The Hall–Kier alpha value is -2.09. The van der Waals surface area contributed by atoms with Gasteiger partial charge in [0.1, 0.15) is 11.4 Å². The highest BCUT2D eigenvalue weighted by Crippen LogP contribution is 2.13. The van der Waals surface area contributed by atoms with E-state index in [0.717, 1.165) is 5.56 Å². The lowest BCUT2D eigenvalue weighted by atomic mass is 9.94. The van der Waals surface area contributed by atoms with E-state index < -0.39 is 5.54 Å². The van der Waals surface area contributed by atoms with Crippen LogP contribution >= 0.6 is 0 Å². The van der Waals surface area contributed by atoms with E-state index in [4.69, 9.17) is 5.53 Å². The lowest BCUT2D eigenvalue weighted by Gasteiger charge is -2.23. The molecule has 19 heavy (non-hydrogen) atoms. The van der Waals surface area contributed by atoms with Crippen LogP contribution in [0.2, 0.25) is 0 Å². The van der Waals surface area contributed by atoms with Crippen LogP contribution in [0, 0.1) is 17.1 Å². The number of rotatable bonds is 7. The summed E-state index contributed by atoms with van der Waals surface area (Å²) in [7, 11) is 0. The summed E-state index contributed by atoms with van der Waals surface area (Å²) in [6.45, 7) is 2.73. The summed E-state index contributed by atoms with van der Waals surface area (Å²) in [5.41, 5.74) is 8.15. The molecule has 0 saturated heterocycles. The molecule has 1 unspecified atom stereocenters. The first-order chi connectivity index (χ1) is 9.09. The summed E-state index contributed by atoms with van der Waals surface area (Å²) < 4.78 is 13.1. The third-order valence-electron chi connectivity index (χ3n) is 2.71. The van der Waals surface area contributed by atoms with Gasteiger partial charge in [0.05, 0.1) is 6.07 Å². The Kier molecular flexibility index (Phi) is 5.80. The molecule has 0 amide bonds. The fourth-order valence-corrected chi connectivity index (χ4v) is 1.76. The van der Waals surface area contributed by atoms with E-state index in [1.54, 1.807) is 19.1 Å². The first-order valence-electron chi connectivity index (χ1n) is 6.01. The van der Waals surface area contributed by atoms with Crippen LogP contribution in [0.1, 0.15) is 18.9 Å². The molecule has 1 aromatic carbocycles. The first-order valence-corrected chi connectivity index (χ1v) is 6.01. The number of nitrogens with zero attached hydrogens (tertiary/aromatic N) is 4. The SMILES string of the molecule is CC(C#N)(Cc1cccc(F)c1)NCCCN=[N+]=[N-]. The molecule has 100 valence electrons. The van der Waals surface area contributed by atoms with E-state index in [2.05, 4.69) is 21.4 Å². The van der Waals surface area contributed by atoms with Crippen LogP contribution in [-0.2, 0) is 6.42 Å². The number of azide groups is 1. The quantitative estimate of drug-likeness (QED) is 0.354. The molecule has 1 rings (SSSR count). The molecule has 1 aromatic rings. The molecule has 0 saturated carbocycles. The fourth-order valence-electron chi connectivity index (χ4n) is 1.76. The number of benzene rings is 1. The Labute approximate surface area is 111 Å². The van der Waals surface area contributed by atoms with Crippen LogP contribution in [0.25, 0.3) is 10.4 Å². The summed E-state index contributed by atoms with van der Waals surface area (Å²) in [6, 6.07) is 8.42. The zero-order chi connectivity index (χ0) is 14.1. The van der Waals surface area contributed by atoms with Gasteiger partial charge in [0.2, 0.25) is 0 Å². The molecule has 0 heterocycles. The summed E-state index contributed by atoms with van der Waals surface area (Å²) in [6.07, 6.45) is 1.08. The first kappa shape index (κ1) is 15.0. The molecule has 0 spiro atoms. The lowest BCUT2D eigenvalue weighted by Crippen LogP contribution is -2.43. The minimum atomic E-state index is -0.760. The molecule has 0 aromatic heterocycles. The van der Waals surface area contributed by atoms with Gasteiger partial charge in [-0.15, -0.1) is 0 Å². The van der Waals surface area contributed by atoms with E-state index in [1.165, 1.54) is 12.1 Å². The number of halogens is 1. The van der Waals surface area contributed by atoms with Crippen molar-refractivity contribution in [3.63, 3.8) is 0 Å². The summed E-state index contributed by atoms with van der Waals surface area (Å²) in [5, 5.41) is 15.8. The monoisotopic (exact) mass is 261 g/mol. The molecule has 0 fully saturated rings. The van der Waals surface area contributed by atoms with Crippen molar-refractivity contribution in [3.05, 3.63) is 46.1 Å². The largest absolute Gasteiger partial charge is 0.299 e. The predicted molar refractivity (Wildman–Crippen MR) is 70.8 cm³/mol. The van der Waals surface area contributed by atoms with Crippen molar-refractivity contribution in [1.82, 2.24) is 5.32 Å². The topological polar surface area (TPSA) is 84.6 Å². The highest BCUT2D eigenvalue weighted by molar-refractivity contribution is 5.22. The second-order valence-corrected chi connectivity index (χ2v) is 4.49. The number of hydrogen-bond donors (Lipinski definition) is 1. The Morgan fingerprint density at radius 2 is 2.37 bits per heavy atom. The number of hydrogen-bond acceptors (Lipinski definition) is 3. The smallest absolute Gasteiger partial charge is 0.123 e. The molecule has 5 nitrogen and oxygen atoms in total. The van der Waals surface area contributed by atoms with Crippen LogP contribution in [0.3, 0.4) is 0 Å². The van der Waals surface area contributed by atoms with Crippen molar-refractivity contribution in [3.8, 4) is 6.07 Å². The van der Waals surface area contributed by atoms with Gasteiger partial charge in [-0.2, -0.15) is 5.26 Å². The maximum atomic E-state index is 13.1. The van der Waals surface area contributed by atoms with Crippen LogP contribution in [0.4, 0.5) is 4.39 Å². The molecule has 1 N–H and O–H groups in total. The Balaban J connectivity index is 2.55. The summed E-state index contributed by atoms with van der Waals surface area (Å²) >= 11 is 0. The van der Waals surface area contributed by atoms with Crippen LogP contribution in [0.5, 0.6) is 0 Å². The Bertz CT molecular complexity index is 504. The maximum absolute atomic E-state index is 13.1. The van der Waals surface area contributed by atoms with Crippen molar-refractivity contribution in [2.45, 2.75) is 25.3 Å². The average Bonchev–Trinajstić information content (AvgIpc) is 2.38. The summed E-state index contributed by atoms with van der Waals surface area (Å²) in [5.74, 6) is -0.304. The van der Waals surface area contributed by atoms with E-state index in [9.17, 15) is 9.65 Å². The maximum Gasteiger partial charge on any atom is 0.123 e. The molecule has 1 atom stereocenters. The fraction of sp³-hybridized carbons (Fsp3) is 0.462. The van der Waals surface area contributed by atoms with Gasteiger partial charge in [-0.05, 0) is 43.1 Å². The van der Waals surface area contributed by atoms with Gasteiger partial charge in [-0.25, -0.2) is 4.39 Å². The number of nitriles is 1. The third kappa shape index (κ3) is 5.38. The van der Waals surface area contributed by atoms with Gasteiger partial charge in [-0.1, -0.05) is 17.2 Å². The van der Waals surface area contributed by atoms with Crippen molar-refractivity contribution in [2.75, 3.05) is 13.1 Å². The minimum Gasteiger partial charge on any atom is -0.299 e. The van der Waals surface area contributed by atoms with Gasteiger partial charge < -0.3 is 0 Å². The molecule has 0 aliphatic heterocycles. The molecular formula is C13H16FN5. The van der Waals surface area contributed by atoms with Crippen molar-refractivity contribution >= 4 is 0 Å². The highest BCUT2D eigenvalue weighted by atomic mass is 19.1. The predicted octanol–water partition coefficient (Wildman–Crippen LogP) is 2.94. The zero-order valence-electron chi connectivity index (χ0n) is 10.8. The number of nitrogens with one attached hydrogen (secondary N) is 1. The second-order valence-electron chi connectivity index (χ2n) is 4.49. The van der Waals surface area contributed by atoms with E-state index >= 15 is 0 Å². The summed E-state index contributed by atoms with van der Waals surface area (Å²) in [4.78, 5) is 2.66. The van der Waals surface area contributed by atoms with Crippen LogP contribution in [-0.4, -0.2) is 18.6 Å². The van der Waals surface area contributed by atoms with Gasteiger partial charge in [-0.3, -0.25) is 5.32 Å². The van der Waals surface area contributed by atoms with Gasteiger partial charge >= 0.3 is 0 Å². The van der Waals surface area contributed by atoms with Gasteiger partial charge in [0.15, 0.2) is 0 Å². The molecule has 0 aliphatic rings. The second kappa shape index (κ2) is 7.37. The zero-order valence-corrected chi connectivity index (χ0v) is 10.8. The normalized spacial score (nSPS) is 13.1. The molecule has 0 bridgehead atoms. The van der Waals surface area contributed by atoms with E-state index in [0.29, 0.717) is 25.9 Å². The average molecular weight is 261 g/mol. The van der Waals surface area contributed by atoms with Crippen molar-refractivity contribution < 1.29 is 4.39 Å². The van der Waals surface area contributed by atoms with Gasteiger partial charge in [0, 0.05) is 17.9 Å². The molecular weight excluding hydrogens is 245 g/mol. The minimum absolute atomic E-state index is 0.304. The molecule has 6 heteroatoms. The van der Waals surface area contributed by atoms with Crippen LogP contribution < -0.4 is 5.32 Å². The standard InChI is InChI=1S/C13H16FN5/c1-13(10-15,17-6-3-7-18-19-16)9-11-4-2-5-12(14)8-11/h2,4-5,8,17H,3,6-7,9H2,1H3. The van der Waals surface area contributed by atoms with Crippen molar-refractivity contribution in [2.24, 2.45) is 5.11 Å². The lowest BCUT2D eigenvalue weighted by molar-refractivity contribution is 0.441.